The van der Waals surface area contributed by atoms with E-state index in [1.54, 1.807) is 31.4 Å². The smallest absolute Gasteiger partial charge is 0.231 e. The highest BCUT2D eigenvalue weighted by atomic mass is 32.2. The monoisotopic (exact) mass is 412 g/mol. The van der Waals surface area contributed by atoms with Crippen molar-refractivity contribution in [2.75, 3.05) is 19.7 Å². The Morgan fingerprint density at radius 2 is 2.07 bits per heavy atom. The third kappa shape index (κ3) is 4.32. The van der Waals surface area contributed by atoms with Gasteiger partial charge in [-0.05, 0) is 29.8 Å². The van der Waals surface area contributed by atoms with E-state index in [-0.39, 0.29) is 23.9 Å². The molecule has 0 unspecified atom stereocenters. The maximum absolute atomic E-state index is 12.3. The molecular formula is C21H20N2O5S. The van der Waals surface area contributed by atoms with Gasteiger partial charge in [-0.15, -0.1) is 11.8 Å². The van der Waals surface area contributed by atoms with Crippen LogP contribution >= 0.6 is 11.8 Å². The highest BCUT2D eigenvalue weighted by Crippen LogP contribution is 2.32. The van der Waals surface area contributed by atoms with Gasteiger partial charge < -0.3 is 24.5 Å². The molecule has 1 amide bonds. The SMILES string of the molecule is COc1cccc2c(=O)cc(CSCC(=O)NCc3ccc4c(c3)OCO4)[nH]c12. The highest BCUT2D eigenvalue weighted by Gasteiger charge is 2.13. The van der Waals surface area contributed by atoms with Gasteiger partial charge in [0.2, 0.25) is 12.7 Å². The Kier molecular flexibility index (Phi) is 5.62. The molecule has 0 radical (unpaired) electrons. The van der Waals surface area contributed by atoms with Gasteiger partial charge in [-0.1, -0.05) is 12.1 Å². The number of fused-ring (bicyclic) bond motifs is 2. The van der Waals surface area contributed by atoms with Crippen LogP contribution in [0.25, 0.3) is 10.9 Å². The molecule has 4 rings (SSSR count). The minimum absolute atomic E-state index is 0.0690. The lowest BCUT2D eigenvalue weighted by atomic mass is 10.2. The number of benzene rings is 2. The minimum atomic E-state index is -0.0756. The van der Waals surface area contributed by atoms with Gasteiger partial charge in [0.1, 0.15) is 5.75 Å². The summed E-state index contributed by atoms with van der Waals surface area (Å²) in [7, 11) is 1.57. The summed E-state index contributed by atoms with van der Waals surface area (Å²) >= 11 is 1.43. The zero-order valence-corrected chi connectivity index (χ0v) is 16.6. The summed E-state index contributed by atoms with van der Waals surface area (Å²) in [4.78, 5) is 27.7. The number of nitrogens with one attached hydrogen (secondary N) is 2. The molecule has 3 aromatic rings. The number of hydrogen-bond acceptors (Lipinski definition) is 6. The summed E-state index contributed by atoms with van der Waals surface area (Å²) in [6.45, 7) is 0.643. The third-order valence-electron chi connectivity index (χ3n) is 4.52. The topological polar surface area (TPSA) is 89.7 Å². The molecule has 0 bridgehead atoms. The molecule has 0 aliphatic carbocycles. The van der Waals surface area contributed by atoms with Gasteiger partial charge in [0.15, 0.2) is 16.9 Å². The van der Waals surface area contributed by atoms with E-state index in [2.05, 4.69) is 10.3 Å². The van der Waals surface area contributed by atoms with Crippen LogP contribution in [0.2, 0.25) is 0 Å². The molecule has 0 saturated carbocycles. The van der Waals surface area contributed by atoms with Crippen LogP contribution in [0.5, 0.6) is 17.2 Å². The van der Waals surface area contributed by atoms with Gasteiger partial charge in [-0.3, -0.25) is 9.59 Å². The van der Waals surface area contributed by atoms with Crippen molar-refractivity contribution in [1.82, 2.24) is 10.3 Å². The molecule has 29 heavy (non-hydrogen) atoms. The number of pyridine rings is 1. The third-order valence-corrected chi connectivity index (χ3v) is 5.50. The Bertz CT molecular complexity index is 1110. The minimum Gasteiger partial charge on any atom is -0.495 e. The first-order chi connectivity index (χ1) is 14.1. The van der Waals surface area contributed by atoms with Crippen molar-refractivity contribution in [2.24, 2.45) is 0 Å². The number of para-hydroxylation sites is 1. The Labute approximate surface area is 171 Å². The van der Waals surface area contributed by atoms with Crippen molar-refractivity contribution in [2.45, 2.75) is 12.3 Å². The predicted octanol–water partition coefficient (Wildman–Crippen LogP) is 2.82. The molecule has 1 aliphatic rings. The number of aromatic nitrogens is 1. The zero-order valence-electron chi connectivity index (χ0n) is 15.8. The molecule has 1 aliphatic heterocycles. The van der Waals surface area contributed by atoms with Gasteiger partial charge in [0.05, 0.1) is 18.4 Å². The molecule has 8 heteroatoms. The van der Waals surface area contributed by atoms with Crippen molar-refractivity contribution in [3.63, 3.8) is 0 Å². The van der Waals surface area contributed by atoms with Crippen LogP contribution in [0.1, 0.15) is 11.3 Å². The second kappa shape index (κ2) is 8.48. The van der Waals surface area contributed by atoms with E-state index in [9.17, 15) is 9.59 Å². The molecule has 150 valence electrons. The second-order valence-corrected chi connectivity index (χ2v) is 7.48. The van der Waals surface area contributed by atoms with Gasteiger partial charge >= 0.3 is 0 Å². The number of carbonyl (C=O) groups excluding carboxylic acids is 1. The standard InChI is InChI=1S/C21H20N2O5S/c1-26-18-4-2-3-15-16(24)8-14(23-21(15)18)10-29-11-20(25)22-9-13-5-6-17-19(7-13)28-12-27-17/h2-8H,9-12H2,1H3,(H,22,25)(H,23,24). The van der Waals surface area contributed by atoms with Crippen LogP contribution in [-0.2, 0) is 17.1 Å². The van der Waals surface area contributed by atoms with Crippen molar-refractivity contribution in [1.29, 1.82) is 0 Å². The van der Waals surface area contributed by atoms with E-state index in [1.165, 1.54) is 11.8 Å². The molecule has 1 aromatic heterocycles. The highest BCUT2D eigenvalue weighted by molar-refractivity contribution is 7.99. The van der Waals surface area contributed by atoms with Gasteiger partial charge in [-0.2, -0.15) is 0 Å². The first-order valence-corrected chi connectivity index (χ1v) is 10.2. The number of thioether (sulfide) groups is 1. The summed E-state index contributed by atoms with van der Waals surface area (Å²) in [6.07, 6.45) is 0. The van der Waals surface area contributed by atoms with Crippen molar-refractivity contribution in [3.8, 4) is 17.2 Å². The lowest BCUT2D eigenvalue weighted by Gasteiger charge is -2.09. The van der Waals surface area contributed by atoms with E-state index in [0.29, 0.717) is 34.7 Å². The fourth-order valence-electron chi connectivity index (χ4n) is 3.10. The summed E-state index contributed by atoms with van der Waals surface area (Å²) in [6, 6.07) is 12.5. The van der Waals surface area contributed by atoms with E-state index in [0.717, 1.165) is 17.0 Å². The summed E-state index contributed by atoms with van der Waals surface area (Å²) in [5.74, 6) is 2.76. The van der Waals surface area contributed by atoms with Gasteiger partial charge in [0.25, 0.3) is 0 Å². The zero-order chi connectivity index (χ0) is 20.2. The van der Waals surface area contributed by atoms with Crippen molar-refractivity contribution >= 4 is 28.6 Å². The lowest BCUT2D eigenvalue weighted by Crippen LogP contribution is -2.24. The Morgan fingerprint density at radius 3 is 2.93 bits per heavy atom. The maximum Gasteiger partial charge on any atom is 0.231 e. The van der Waals surface area contributed by atoms with E-state index < -0.39 is 0 Å². The molecule has 2 aromatic carbocycles. The van der Waals surface area contributed by atoms with Crippen molar-refractivity contribution in [3.05, 3.63) is 63.9 Å². The summed E-state index contributed by atoms with van der Waals surface area (Å²) in [5.41, 5.74) is 2.30. The molecular weight excluding hydrogens is 392 g/mol. The first kappa shape index (κ1) is 19.2. The number of carbonyl (C=O) groups is 1. The van der Waals surface area contributed by atoms with Crippen LogP contribution in [0.4, 0.5) is 0 Å². The maximum atomic E-state index is 12.3. The quantitative estimate of drug-likeness (QED) is 0.620. The lowest BCUT2D eigenvalue weighted by molar-refractivity contribution is -0.118. The fourth-order valence-corrected chi connectivity index (χ4v) is 3.87. The number of aromatic amines is 1. The molecule has 0 spiro atoms. The number of hydrogen-bond donors (Lipinski definition) is 2. The van der Waals surface area contributed by atoms with Crippen LogP contribution in [0.15, 0.2) is 47.3 Å². The average Bonchev–Trinajstić information content (AvgIpc) is 3.20. The Hall–Kier alpha value is -3.13. The number of amides is 1. The Morgan fingerprint density at radius 1 is 1.21 bits per heavy atom. The number of H-pyrrole nitrogens is 1. The average molecular weight is 412 g/mol. The number of ether oxygens (including phenoxy) is 3. The normalized spacial score (nSPS) is 12.2. The molecule has 2 heterocycles. The molecule has 0 fully saturated rings. The largest absolute Gasteiger partial charge is 0.495 e. The Balaban J connectivity index is 1.32. The number of rotatable bonds is 7. The summed E-state index contributed by atoms with van der Waals surface area (Å²) in [5, 5.41) is 3.47. The molecule has 0 atom stereocenters. The predicted molar refractivity (Wildman–Crippen MR) is 112 cm³/mol. The van der Waals surface area contributed by atoms with Crippen LogP contribution < -0.4 is 25.0 Å². The van der Waals surface area contributed by atoms with E-state index in [4.69, 9.17) is 14.2 Å². The van der Waals surface area contributed by atoms with Crippen LogP contribution in [0, 0.1) is 0 Å². The summed E-state index contributed by atoms with van der Waals surface area (Å²) < 4.78 is 15.9. The first-order valence-electron chi connectivity index (χ1n) is 9.06. The van der Waals surface area contributed by atoms with Crippen LogP contribution in [0.3, 0.4) is 0 Å². The van der Waals surface area contributed by atoms with Gasteiger partial charge in [-0.25, -0.2) is 0 Å². The van der Waals surface area contributed by atoms with E-state index >= 15 is 0 Å². The molecule has 2 N–H and O–H groups in total. The molecule has 7 nitrogen and oxygen atoms in total. The van der Waals surface area contributed by atoms with Crippen LogP contribution in [-0.4, -0.2) is 30.5 Å². The van der Waals surface area contributed by atoms with Gasteiger partial charge in [0, 0.05) is 29.4 Å². The molecule has 0 saturated heterocycles. The second-order valence-electron chi connectivity index (χ2n) is 6.50. The number of methoxy groups -OCH3 is 1. The van der Waals surface area contributed by atoms with Crippen molar-refractivity contribution < 1.29 is 19.0 Å². The fraction of sp³-hybridized carbons (Fsp3) is 0.238. The van der Waals surface area contributed by atoms with E-state index in [1.807, 2.05) is 18.2 Å².